The molecule has 0 heterocycles. The predicted octanol–water partition coefficient (Wildman–Crippen LogP) is 1.50. The van der Waals surface area contributed by atoms with Crippen LogP contribution in [0, 0.1) is 10.1 Å². The molecule has 0 spiro atoms. The van der Waals surface area contributed by atoms with Crippen LogP contribution in [0.15, 0.2) is 30.3 Å². The number of aliphatic hydroxyl groups excluding tert-OH is 1. The Balaban J connectivity index is 2.76. The fraction of sp³-hybridized carbons (Fsp3) is 0.308. The molecule has 0 radical (unpaired) electrons. The van der Waals surface area contributed by atoms with Crippen molar-refractivity contribution in [2.24, 2.45) is 0 Å². The zero-order valence-corrected chi connectivity index (χ0v) is 10.6. The molecule has 0 aliphatic rings. The van der Waals surface area contributed by atoms with Gasteiger partial charge >= 0.3 is 0 Å². The largest absolute Gasteiger partial charge is 0.394 e. The molecule has 0 bridgehead atoms. The van der Waals surface area contributed by atoms with Crippen molar-refractivity contribution >= 4 is 17.7 Å². The van der Waals surface area contributed by atoms with Crippen LogP contribution in [0.1, 0.15) is 18.9 Å². The summed E-state index contributed by atoms with van der Waals surface area (Å²) in [5.74, 6) is -0.390. The maximum Gasteiger partial charge on any atom is 0.276 e. The summed E-state index contributed by atoms with van der Waals surface area (Å²) in [5.41, 5.74) is 0.306. The van der Waals surface area contributed by atoms with Crippen molar-refractivity contribution in [1.29, 1.82) is 0 Å². The van der Waals surface area contributed by atoms with E-state index in [2.05, 4.69) is 5.32 Å². The number of carbonyl (C=O) groups excluding carboxylic acids is 1. The van der Waals surface area contributed by atoms with E-state index in [-0.39, 0.29) is 24.2 Å². The number of amides is 1. The fourth-order valence-corrected chi connectivity index (χ4v) is 1.49. The summed E-state index contributed by atoms with van der Waals surface area (Å²) >= 11 is 0. The lowest BCUT2D eigenvalue weighted by Gasteiger charge is -2.11. The second-order valence-electron chi connectivity index (χ2n) is 3.95. The van der Waals surface area contributed by atoms with E-state index in [1.54, 1.807) is 18.2 Å². The number of hydrogen-bond acceptors (Lipinski definition) is 4. The van der Waals surface area contributed by atoms with Crippen molar-refractivity contribution in [3.8, 4) is 0 Å². The SMILES string of the molecule is CC[C@@H](CO)NC(=O)/C=C/c1ccccc1[N+](=O)[O-]. The summed E-state index contributed by atoms with van der Waals surface area (Å²) in [4.78, 5) is 21.8. The van der Waals surface area contributed by atoms with Crippen LogP contribution in [-0.2, 0) is 4.79 Å². The third-order valence-corrected chi connectivity index (χ3v) is 2.61. The summed E-state index contributed by atoms with van der Waals surface area (Å²) in [6.07, 6.45) is 3.22. The highest BCUT2D eigenvalue weighted by Crippen LogP contribution is 2.18. The van der Waals surface area contributed by atoms with Crippen LogP contribution in [0.3, 0.4) is 0 Å². The summed E-state index contributed by atoms with van der Waals surface area (Å²) in [7, 11) is 0. The third-order valence-electron chi connectivity index (χ3n) is 2.61. The van der Waals surface area contributed by atoms with Gasteiger partial charge in [0.25, 0.3) is 5.69 Å². The van der Waals surface area contributed by atoms with Gasteiger partial charge in [0.1, 0.15) is 0 Å². The van der Waals surface area contributed by atoms with Gasteiger partial charge in [0.05, 0.1) is 23.1 Å². The Morgan fingerprint density at radius 3 is 2.79 bits per heavy atom. The number of nitro benzene ring substituents is 1. The molecule has 0 fully saturated rings. The number of rotatable bonds is 6. The van der Waals surface area contributed by atoms with E-state index < -0.39 is 4.92 Å². The highest BCUT2D eigenvalue weighted by Gasteiger charge is 2.10. The minimum Gasteiger partial charge on any atom is -0.394 e. The lowest BCUT2D eigenvalue weighted by molar-refractivity contribution is -0.385. The number of nitrogens with zero attached hydrogens (tertiary/aromatic N) is 1. The van der Waals surface area contributed by atoms with Crippen molar-refractivity contribution < 1.29 is 14.8 Å². The van der Waals surface area contributed by atoms with Crippen LogP contribution in [-0.4, -0.2) is 28.6 Å². The van der Waals surface area contributed by atoms with Gasteiger partial charge in [-0.15, -0.1) is 0 Å². The van der Waals surface area contributed by atoms with Crippen molar-refractivity contribution in [3.63, 3.8) is 0 Å². The van der Waals surface area contributed by atoms with Crippen LogP contribution >= 0.6 is 0 Å². The van der Waals surface area contributed by atoms with Crippen LogP contribution in [0.4, 0.5) is 5.69 Å². The molecule has 102 valence electrons. The van der Waals surface area contributed by atoms with E-state index in [9.17, 15) is 14.9 Å². The van der Waals surface area contributed by atoms with Gasteiger partial charge < -0.3 is 10.4 Å². The van der Waals surface area contributed by atoms with Crippen molar-refractivity contribution in [2.75, 3.05) is 6.61 Å². The summed E-state index contributed by atoms with van der Waals surface area (Å²) in [6.45, 7) is 1.70. The predicted molar refractivity (Wildman–Crippen MR) is 71.4 cm³/mol. The molecule has 6 nitrogen and oxygen atoms in total. The highest BCUT2D eigenvalue weighted by molar-refractivity contribution is 5.92. The number of para-hydroxylation sites is 1. The molecule has 0 saturated heterocycles. The van der Waals surface area contributed by atoms with Gasteiger partial charge in [-0.25, -0.2) is 0 Å². The molecule has 0 aliphatic carbocycles. The molecule has 1 amide bonds. The average molecular weight is 264 g/mol. The quantitative estimate of drug-likeness (QED) is 0.462. The Labute approximate surface area is 110 Å². The molecule has 1 aromatic rings. The van der Waals surface area contributed by atoms with Gasteiger partial charge in [-0.1, -0.05) is 19.1 Å². The van der Waals surface area contributed by atoms with Crippen molar-refractivity contribution in [3.05, 3.63) is 46.0 Å². The highest BCUT2D eigenvalue weighted by atomic mass is 16.6. The molecule has 0 aromatic heterocycles. The molecule has 1 rings (SSSR count). The number of benzene rings is 1. The van der Waals surface area contributed by atoms with Gasteiger partial charge in [0.2, 0.25) is 5.91 Å². The number of nitro groups is 1. The number of nitrogens with one attached hydrogen (secondary N) is 1. The number of aliphatic hydroxyl groups is 1. The molecule has 19 heavy (non-hydrogen) atoms. The molecular weight excluding hydrogens is 248 g/mol. The van der Waals surface area contributed by atoms with Gasteiger partial charge in [-0.2, -0.15) is 0 Å². The van der Waals surface area contributed by atoms with E-state index in [0.717, 1.165) is 0 Å². The molecule has 0 unspecified atom stereocenters. The lowest BCUT2D eigenvalue weighted by Crippen LogP contribution is -2.35. The summed E-state index contributed by atoms with van der Waals surface area (Å²) in [6, 6.07) is 5.86. The Morgan fingerprint density at radius 1 is 1.53 bits per heavy atom. The molecule has 2 N–H and O–H groups in total. The molecule has 0 saturated carbocycles. The Morgan fingerprint density at radius 2 is 2.21 bits per heavy atom. The topological polar surface area (TPSA) is 92.5 Å². The van der Waals surface area contributed by atoms with E-state index in [4.69, 9.17) is 5.11 Å². The van der Waals surface area contributed by atoms with E-state index in [0.29, 0.717) is 12.0 Å². The standard InChI is InChI=1S/C13H16N2O4/c1-2-11(9-16)14-13(17)8-7-10-5-3-4-6-12(10)15(18)19/h3-8,11,16H,2,9H2,1H3,(H,14,17)/b8-7+/t11-/m0/s1. The second-order valence-corrected chi connectivity index (χ2v) is 3.95. The number of hydrogen-bond donors (Lipinski definition) is 2. The average Bonchev–Trinajstić information content (AvgIpc) is 2.42. The third kappa shape index (κ3) is 4.51. The van der Waals surface area contributed by atoms with Crippen molar-refractivity contribution in [1.82, 2.24) is 5.32 Å². The van der Waals surface area contributed by atoms with E-state index in [1.807, 2.05) is 6.92 Å². The van der Waals surface area contributed by atoms with Crippen molar-refractivity contribution in [2.45, 2.75) is 19.4 Å². The Bertz CT molecular complexity index is 481. The first-order chi connectivity index (χ1) is 9.08. The molecule has 0 aliphatic heterocycles. The number of carbonyl (C=O) groups is 1. The zero-order chi connectivity index (χ0) is 14.3. The van der Waals surface area contributed by atoms with Crippen LogP contribution in [0.2, 0.25) is 0 Å². The first-order valence-electron chi connectivity index (χ1n) is 5.91. The molecule has 1 atom stereocenters. The first-order valence-corrected chi connectivity index (χ1v) is 5.91. The zero-order valence-electron chi connectivity index (χ0n) is 10.6. The van der Waals surface area contributed by atoms with Crippen LogP contribution < -0.4 is 5.32 Å². The molecule has 1 aromatic carbocycles. The first kappa shape index (κ1) is 14.8. The molecule has 6 heteroatoms. The van der Waals surface area contributed by atoms with Crippen LogP contribution in [0.5, 0.6) is 0 Å². The summed E-state index contributed by atoms with van der Waals surface area (Å²) < 4.78 is 0. The van der Waals surface area contributed by atoms with Gasteiger partial charge in [-0.05, 0) is 18.6 Å². The van der Waals surface area contributed by atoms with Gasteiger partial charge in [0.15, 0.2) is 0 Å². The Kier molecular flexibility index (Phi) is 5.69. The maximum absolute atomic E-state index is 11.5. The Hall–Kier alpha value is -2.21. The lowest BCUT2D eigenvalue weighted by atomic mass is 10.1. The monoisotopic (exact) mass is 264 g/mol. The minimum atomic E-state index is -0.500. The maximum atomic E-state index is 11.5. The second kappa shape index (κ2) is 7.27. The summed E-state index contributed by atoms with van der Waals surface area (Å²) in [5, 5.41) is 22.3. The van der Waals surface area contributed by atoms with Crippen LogP contribution in [0.25, 0.3) is 6.08 Å². The van der Waals surface area contributed by atoms with E-state index >= 15 is 0 Å². The minimum absolute atomic E-state index is 0.0549. The van der Waals surface area contributed by atoms with Gasteiger partial charge in [0, 0.05) is 12.1 Å². The fourth-order valence-electron chi connectivity index (χ4n) is 1.49. The normalized spacial score (nSPS) is 12.3. The van der Waals surface area contributed by atoms with E-state index in [1.165, 1.54) is 18.2 Å². The van der Waals surface area contributed by atoms with Gasteiger partial charge in [-0.3, -0.25) is 14.9 Å². The smallest absolute Gasteiger partial charge is 0.276 e. The molecular formula is C13H16N2O4.